The maximum Gasteiger partial charge on any atom is 0.265 e. The Morgan fingerprint density at radius 2 is 2.00 bits per heavy atom. The summed E-state index contributed by atoms with van der Waals surface area (Å²) in [5.74, 6) is 1.29. The average molecular weight is 357 g/mol. The second-order valence-electron chi connectivity index (χ2n) is 5.35. The Morgan fingerprint density at radius 1 is 1.16 bits per heavy atom. The van der Waals surface area contributed by atoms with Gasteiger partial charge in [0.05, 0.1) is 5.69 Å². The molecule has 25 heavy (non-hydrogen) atoms. The third-order valence-corrected chi connectivity index (χ3v) is 4.25. The van der Waals surface area contributed by atoms with Gasteiger partial charge in [-0.1, -0.05) is 17.8 Å². The first-order valence-corrected chi connectivity index (χ1v) is 8.85. The van der Waals surface area contributed by atoms with Gasteiger partial charge < -0.3 is 15.2 Å². The molecule has 3 aromatic rings. The molecule has 1 amide bonds. The van der Waals surface area contributed by atoms with Crippen molar-refractivity contribution in [3.05, 3.63) is 47.2 Å². The summed E-state index contributed by atoms with van der Waals surface area (Å²) in [5, 5.41) is 18.3. The highest BCUT2D eigenvalue weighted by Gasteiger charge is 2.14. The third kappa shape index (κ3) is 4.38. The lowest BCUT2D eigenvalue weighted by molar-refractivity contribution is 0.0958. The van der Waals surface area contributed by atoms with Crippen LogP contribution in [-0.2, 0) is 6.42 Å². The van der Waals surface area contributed by atoms with Crippen LogP contribution in [0.5, 0.6) is 0 Å². The van der Waals surface area contributed by atoms with Gasteiger partial charge in [-0.05, 0) is 42.2 Å². The molecule has 0 fully saturated rings. The summed E-state index contributed by atoms with van der Waals surface area (Å²) in [5.41, 5.74) is 0.768. The zero-order chi connectivity index (χ0) is 17.5. The number of amides is 1. The molecule has 3 heterocycles. The van der Waals surface area contributed by atoms with E-state index in [2.05, 4.69) is 30.4 Å². The van der Waals surface area contributed by atoms with E-state index < -0.39 is 0 Å². The molecule has 0 bridgehead atoms. The molecule has 130 valence electrons. The minimum absolute atomic E-state index is 0.130. The minimum atomic E-state index is -0.130. The van der Waals surface area contributed by atoms with Crippen molar-refractivity contribution in [1.29, 1.82) is 0 Å². The van der Waals surface area contributed by atoms with Crippen LogP contribution in [0.4, 0.5) is 5.82 Å². The second-order valence-corrected chi connectivity index (χ2v) is 6.10. The van der Waals surface area contributed by atoms with Crippen molar-refractivity contribution in [1.82, 2.24) is 29.7 Å². The van der Waals surface area contributed by atoms with E-state index in [0.29, 0.717) is 23.8 Å². The summed E-state index contributed by atoms with van der Waals surface area (Å²) in [4.78, 5) is 12.7. The van der Waals surface area contributed by atoms with Crippen LogP contribution >= 0.6 is 11.5 Å². The maximum absolute atomic E-state index is 12.1. The van der Waals surface area contributed by atoms with Crippen molar-refractivity contribution >= 4 is 23.3 Å². The largest absolute Gasteiger partial charge is 0.367 e. The lowest BCUT2D eigenvalue weighted by atomic mass is 10.2. The fraction of sp³-hybridized carbons (Fsp3) is 0.312. The number of rotatable bonds is 8. The Bertz CT molecular complexity index is 798. The monoisotopic (exact) mass is 357 g/mol. The van der Waals surface area contributed by atoms with E-state index in [-0.39, 0.29) is 5.91 Å². The second kappa shape index (κ2) is 8.34. The van der Waals surface area contributed by atoms with Gasteiger partial charge in [0.1, 0.15) is 10.7 Å². The smallest absolute Gasteiger partial charge is 0.265 e. The van der Waals surface area contributed by atoms with Gasteiger partial charge in [-0.15, -0.1) is 15.3 Å². The highest BCUT2D eigenvalue weighted by atomic mass is 32.1. The SMILES string of the molecule is CCCc1nnsc1C(=O)NCCNc1ccc(-n2cccc2)nn1. The molecule has 0 saturated carbocycles. The Labute approximate surface area is 149 Å². The number of hydrogen-bond acceptors (Lipinski definition) is 7. The molecular formula is C16H19N7OS. The first-order chi connectivity index (χ1) is 12.3. The first-order valence-electron chi connectivity index (χ1n) is 8.08. The zero-order valence-electron chi connectivity index (χ0n) is 13.8. The van der Waals surface area contributed by atoms with Gasteiger partial charge in [-0.25, -0.2) is 0 Å². The fourth-order valence-electron chi connectivity index (χ4n) is 2.27. The van der Waals surface area contributed by atoms with E-state index in [0.717, 1.165) is 35.9 Å². The topological polar surface area (TPSA) is 97.6 Å². The normalized spacial score (nSPS) is 10.6. The van der Waals surface area contributed by atoms with Crippen LogP contribution in [0.3, 0.4) is 0 Å². The van der Waals surface area contributed by atoms with Crippen LogP contribution < -0.4 is 10.6 Å². The fourth-order valence-corrected chi connectivity index (χ4v) is 2.90. The lowest BCUT2D eigenvalue weighted by Gasteiger charge is -2.07. The molecule has 0 saturated heterocycles. The molecule has 3 rings (SSSR count). The molecule has 0 radical (unpaired) electrons. The number of nitrogens with one attached hydrogen (secondary N) is 2. The summed E-state index contributed by atoms with van der Waals surface area (Å²) in [7, 11) is 0. The molecule has 0 aliphatic carbocycles. The molecule has 8 nitrogen and oxygen atoms in total. The summed E-state index contributed by atoms with van der Waals surface area (Å²) >= 11 is 1.13. The van der Waals surface area contributed by atoms with Gasteiger partial charge >= 0.3 is 0 Å². The minimum Gasteiger partial charge on any atom is -0.367 e. The first kappa shape index (κ1) is 17.0. The average Bonchev–Trinajstić information content (AvgIpc) is 3.31. The van der Waals surface area contributed by atoms with Crippen molar-refractivity contribution in [2.75, 3.05) is 18.4 Å². The molecule has 0 atom stereocenters. The highest BCUT2D eigenvalue weighted by Crippen LogP contribution is 2.12. The molecule has 0 unspecified atom stereocenters. The van der Waals surface area contributed by atoms with Crippen LogP contribution in [0, 0.1) is 0 Å². The molecule has 2 N–H and O–H groups in total. The number of aryl methyl sites for hydroxylation is 1. The number of carbonyl (C=O) groups is 1. The summed E-state index contributed by atoms with van der Waals surface area (Å²) in [6.07, 6.45) is 5.52. The van der Waals surface area contributed by atoms with Crippen LogP contribution in [0.1, 0.15) is 28.7 Å². The van der Waals surface area contributed by atoms with Gasteiger partial charge in [0.15, 0.2) is 5.82 Å². The summed E-state index contributed by atoms with van der Waals surface area (Å²) in [6.45, 7) is 3.08. The van der Waals surface area contributed by atoms with Gasteiger partial charge in [0.25, 0.3) is 5.91 Å². The number of nitrogens with zero attached hydrogens (tertiary/aromatic N) is 5. The number of carbonyl (C=O) groups excluding carboxylic acids is 1. The Morgan fingerprint density at radius 3 is 2.72 bits per heavy atom. The maximum atomic E-state index is 12.1. The third-order valence-electron chi connectivity index (χ3n) is 3.48. The van der Waals surface area contributed by atoms with Crippen LogP contribution in [-0.4, -0.2) is 43.3 Å². The van der Waals surface area contributed by atoms with Gasteiger partial charge in [-0.2, -0.15) is 0 Å². The Hall–Kier alpha value is -2.81. The highest BCUT2D eigenvalue weighted by molar-refractivity contribution is 7.08. The van der Waals surface area contributed by atoms with Crippen molar-refractivity contribution in [2.45, 2.75) is 19.8 Å². The predicted molar refractivity (Wildman–Crippen MR) is 96.1 cm³/mol. The van der Waals surface area contributed by atoms with Gasteiger partial charge in [0.2, 0.25) is 0 Å². The molecule has 0 aromatic carbocycles. The van der Waals surface area contributed by atoms with E-state index in [1.165, 1.54) is 0 Å². The molecule has 3 aromatic heterocycles. The Kier molecular flexibility index (Phi) is 5.68. The van der Waals surface area contributed by atoms with Crippen molar-refractivity contribution in [3.63, 3.8) is 0 Å². The van der Waals surface area contributed by atoms with Crippen LogP contribution in [0.15, 0.2) is 36.7 Å². The van der Waals surface area contributed by atoms with Crippen molar-refractivity contribution in [3.8, 4) is 5.82 Å². The van der Waals surface area contributed by atoms with Gasteiger partial charge in [0, 0.05) is 25.5 Å². The molecule has 0 aliphatic rings. The number of hydrogen-bond donors (Lipinski definition) is 2. The summed E-state index contributed by atoms with van der Waals surface area (Å²) in [6, 6.07) is 7.60. The predicted octanol–water partition coefficient (Wildman–Crippen LogP) is 1.91. The van der Waals surface area contributed by atoms with E-state index >= 15 is 0 Å². The van der Waals surface area contributed by atoms with Crippen molar-refractivity contribution < 1.29 is 4.79 Å². The van der Waals surface area contributed by atoms with Crippen molar-refractivity contribution in [2.24, 2.45) is 0 Å². The van der Waals surface area contributed by atoms with E-state index in [9.17, 15) is 4.79 Å². The number of aromatic nitrogens is 5. The van der Waals surface area contributed by atoms with E-state index in [1.54, 1.807) is 0 Å². The number of anilines is 1. The molecule has 0 spiro atoms. The Balaban J connectivity index is 1.45. The zero-order valence-corrected chi connectivity index (χ0v) is 14.7. The van der Waals surface area contributed by atoms with E-state index in [1.807, 2.05) is 48.1 Å². The van der Waals surface area contributed by atoms with Crippen LogP contribution in [0.25, 0.3) is 5.82 Å². The lowest BCUT2D eigenvalue weighted by Crippen LogP contribution is -2.29. The molecule has 0 aliphatic heterocycles. The van der Waals surface area contributed by atoms with E-state index in [4.69, 9.17) is 0 Å². The standard InChI is InChI=1S/C16H19N7OS/c1-2-5-12-15(25-22-19-12)16(24)18-9-8-17-13-6-7-14(21-20-13)23-10-3-4-11-23/h3-4,6-7,10-11H,2,5,8-9H2,1H3,(H,17,20)(H,18,24). The molecule has 9 heteroatoms. The summed E-state index contributed by atoms with van der Waals surface area (Å²) < 4.78 is 5.74. The van der Waals surface area contributed by atoms with Gasteiger partial charge in [-0.3, -0.25) is 4.79 Å². The quantitative estimate of drug-likeness (QED) is 0.598. The molecular weight excluding hydrogens is 338 g/mol. The van der Waals surface area contributed by atoms with Crippen LogP contribution in [0.2, 0.25) is 0 Å².